The van der Waals surface area contributed by atoms with Gasteiger partial charge in [0.1, 0.15) is 0 Å². The summed E-state index contributed by atoms with van der Waals surface area (Å²) in [6.07, 6.45) is 0. The molecule has 0 aliphatic heterocycles. The quantitative estimate of drug-likeness (QED) is 0.597. The molecule has 0 aromatic heterocycles. The molecule has 0 radical (unpaired) electrons. The number of benzene rings is 1. The van der Waals surface area contributed by atoms with Gasteiger partial charge in [-0.25, -0.2) is 0 Å². The Kier molecular flexibility index (Phi) is 3.82. The average Bonchev–Trinajstić information content (AvgIpc) is 2.04. The van der Waals surface area contributed by atoms with Gasteiger partial charge in [0, 0.05) is 0 Å². The Morgan fingerprint density at radius 1 is 1.23 bits per heavy atom. The van der Waals surface area contributed by atoms with Gasteiger partial charge in [-0.2, -0.15) is 0 Å². The van der Waals surface area contributed by atoms with Crippen molar-refractivity contribution in [2.75, 3.05) is 0 Å². The van der Waals surface area contributed by atoms with Crippen LogP contribution in [0.2, 0.25) is 0 Å². The Morgan fingerprint density at radius 3 is 2.38 bits per heavy atom. The molecule has 2 heteroatoms. The molecule has 1 rings (SSSR count). The second-order valence-corrected chi connectivity index (χ2v) is 5.71. The number of aliphatic hydroxyl groups is 1. The van der Waals surface area contributed by atoms with Gasteiger partial charge in [-0.1, -0.05) is 0 Å². The standard InChI is InChI=1S/C11H12OTe/c1-11(2,12)8-9-13-10-6-4-3-5-7-10/h3-7,12H,1-2H3. The zero-order valence-corrected chi connectivity index (χ0v) is 10.1. The summed E-state index contributed by atoms with van der Waals surface area (Å²) in [5, 5.41) is 9.34. The molecule has 1 nitrogen and oxygen atoms in total. The van der Waals surface area contributed by atoms with Crippen molar-refractivity contribution in [2.45, 2.75) is 19.4 Å². The van der Waals surface area contributed by atoms with Crippen LogP contribution < -0.4 is 3.61 Å². The third kappa shape index (κ3) is 4.96. The summed E-state index contributed by atoms with van der Waals surface area (Å²) >= 11 is -0.435. The molecule has 0 spiro atoms. The molecule has 13 heavy (non-hydrogen) atoms. The minimum absolute atomic E-state index is 0.435. The van der Waals surface area contributed by atoms with Crippen molar-refractivity contribution in [3.63, 3.8) is 0 Å². The van der Waals surface area contributed by atoms with E-state index in [4.69, 9.17) is 0 Å². The van der Waals surface area contributed by atoms with Crippen molar-refractivity contribution in [3.8, 4) is 9.89 Å². The Bertz CT molecular complexity index is 313. The summed E-state index contributed by atoms with van der Waals surface area (Å²) in [5.41, 5.74) is -0.848. The summed E-state index contributed by atoms with van der Waals surface area (Å²) < 4.78 is 4.38. The van der Waals surface area contributed by atoms with E-state index in [2.05, 4.69) is 22.0 Å². The average molecular weight is 288 g/mol. The summed E-state index contributed by atoms with van der Waals surface area (Å²) in [7, 11) is 0. The first-order valence-electron chi connectivity index (χ1n) is 4.04. The molecule has 68 valence electrons. The SMILES string of the molecule is CC(C)(O)C#C[Te]c1ccccc1. The van der Waals surface area contributed by atoms with E-state index in [1.165, 1.54) is 3.61 Å². The summed E-state index contributed by atoms with van der Waals surface area (Å²) in [5.74, 6) is 2.83. The molecule has 1 aromatic rings. The predicted octanol–water partition coefficient (Wildman–Crippen LogP) is 0.748. The van der Waals surface area contributed by atoms with Gasteiger partial charge in [-0.3, -0.25) is 0 Å². The Labute approximate surface area is 89.3 Å². The fourth-order valence-electron chi connectivity index (χ4n) is 0.698. The molecule has 1 N–H and O–H groups in total. The van der Waals surface area contributed by atoms with Crippen LogP contribution >= 0.6 is 0 Å². The maximum absolute atomic E-state index is 9.34. The van der Waals surface area contributed by atoms with E-state index in [9.17, 15) is 5.11 Å². The Balaban J connectivity index is 2.56. The second-order valence-electron chi connectivity index (χ2n) is 3.20. The van der Waals surface area contributed by atoms with E-state index in [1.807, 2.05) is 18.2 Å². The molecule has 0 aliphatic carbocycles. The minimum atomic E-state index is -0.848. The van der Waals surface area contributed by atoms with Gasteiger partial charge in [-0.15, -0.1) is 0 Å². The summed E-state index contributed by atoms with van der Waals surface area (Å²) in [4.78, 5) is 0. The fraction of sp³-hybridized carbons (Fsp3) is 0.273. The van der Waals surface area contributed by atoms with Crippen LogP contribution in [0.5, 0.6) is 0 Å². The van der Waals surface area contributed by atoms with Crippen molar-refractivity contribution >= 4 is 24.5 Å². The van der Waals surface area contributed by atoms with Gasteiger partial charge in [0.2, 0.25) is 0 Å². The summed E-state index contributed by atoms with van der Waals surface area (Å²) in [6, 6.07) is 10.2. The molecule has 1 aromatic carbocycles. The van der Waals surface area contributed by atoms with E-state index in [1.54, 1.807) is 13.8 Å². The first-order chi connectivity index (χ1) is 6.08. The second kappa shape index (κ2) is 4.68. The molecule has 0 fully saturated rings. The molecular formula is C11H12OTe. The van der Waals surface area contributed by atoms with Crippen molar-refractivity contribution in [3.05, 3.63) is 30.3 Å². The first kappa shape index (κ1) is 10.6. The third-order valence-corrected chi connectivity index (χ3v) is 3.30. The summed E-state index contributed by atoms with van der Waals surface area (Å²) in [6.45, 7) is 3.41. The van der Waals surface area contributed by atoms with Crippen LogP contribution in [-0.2, 0) is 0 Å². The van der Waals surface area contributed by atoms with Crippen molar-refractivity contribution in [2.24, 2.45) is 0 Å². The van der Waals surface area contributed by atoms with Crippen LogP contribution in [0, 0.1) is 9.89 Å². The maximum atomic E-state index is 9.34. The van der Waals surface area contributed by atoms with Gasteiger partial charge >= 0.3 is 89.3 Å². The van der Waals surface area contributed by atoms with Gasteiger partial charge < -0.3 is 0 Å². The predicted molar refractivity (Wildman–Crippen MR) is 55.9 cm³/mol. The molecule has 0 amide bonds. The monoisotopic (exact) mass is 290 g/mol. The number of hydrogen-bond donors (Lipinski definition) is 1. The van der Waals surface area contributed by atoms with E-state index in [0.717, 1.165) is 0 Å². The number of hydrogen-bond acceptors (Lipinski definition) is 1. The number of rotatable bonds is 1. The normalized spacial score (nSPS) is 10.4. The molecule has 0 saturated carbocycles. The van der Waals surface area contributed by atoms with E-state index >= 15 is 0 Å². The molecule has 0 unspecified atom stereocenters. The van der Waals surface area contributed by atoms with E-state index in [0.29, 0.717) is 0 Å². The Hall–Kier alpha value is -0.470. The zero-order chi connectivity index (χ0) is 9.73. The van der Waals surface area contributed by atoms with Crippen LogP contribution in [0.1, 0.15) is 13.8 Å². The van der Waals surface area contributed by atoms with E-state index in [-0.39, 0.29) is 0 Å². The van der Waals surface area contributed by atoms with Gasteiger partial charge in [0.15, 0.2) is 0 Å². The Morgan fingerprint density at radius 2 is 1.85 bits per heavy atom. The fourth-order valence-corrected chi connectivity index (χ4v) is 2.73. The first-order valence-corrected chi connectivity index (χ1v) is 6.37. The molecular weight excluding hydrogens is 276 g/mol. The van der Waals surface area contributed by atoms with Crippen molar-refractivity contribution in [1.29, 1.82) is 0 Å². The van der Waals surface area contributed by atoms with Gasteiger partial charge in [-0.05, 0) is 0 Å². The van der Waals surface area contributed by atoms with Crippen LogP contribution in [0.25, 0.3) is 0 Å². The van der Waals surface area contributed by atoms with Crippen molar-refractivity contribution < 1.29 is 5.11 Å². The molecule has 0 aliphatic rings. The van der Waals surface area contributed by atoms with Gasteiger partial charge in [0.05, 0.1) is 0 Å². The van der Waals surface area contributed by atoms with Crippen LogP contribution in [0.4, 0.5) is 0 Å². The van der Waals surface area contributed by atoms with Crippen molar-refractivity contribution in [1.82, 2.24) is 0 Å². The van der Waals surface area contributed by atoms with Crippen LogP contribution in [0.3, 0.4) is 0 Å². The van der Waals surface area contributed by atoms with Crippen LogP contribution in [-0.4, -0.2) is 31.6 Å². The van der Waals surface area contributed by atoms with E-state index < -0.39 is 26.5 Å². The molecule has 0 atom stereocenters. The molecule has 0 bridgehead atoms. The van der Waals surface area contributed by atoms with Gasteiger partial charge in [0.25, 0.3) is 0 Å². The molecule has 0 saturated heterocycles. The third-order valence-electron chi connectivity index (χ3n) is 1.27. The zero-order valence-electron chi connectivity index (χ0n) is 7.74. The topological polar surface area (TPSA) is 20.2 Å². The van der Waals surface area contributed by atoms with Crippen LogP contribution in [0.15, 0.2) is 30.3 Å². The molecule has 0 heterocycles.